The molecule has 3 aromatic rings. The van der Waals surface area contributed by atoms with Gasteiger partial charge >= 0.3 is 11.9 Å². The standard InChI is InChI=1S/C30H32N2O.C2H2O4/c1-4-12-24(13-5-1)28-22-27(31-33-21-20-32-18-10-11-19-32)23-29(25-14-6-2-7-15-25)30(28)26-16-8-3-9-17-26;3-1(4)2(5)6/h1-9,12-17,22,29-30H,10-11,18-21,23H2;(H,3,4)(H,5,6)/b31-27+;. The molecule has 202 valence electrons. The second kappa shape index (κ2) is 14.1. The van der Waals surface area contributed by atoms with E-state index in [0.29, 0.717) is 12.5 Å². The van der Waals surface area contributed by atoms with Gasteiger partial charge in [-0.3, -0.25) is 4.90 Å². The van der Waals surface area contributed by atoms with Crippen LogP contribution in [0.4, 0.5) is 0 Å². The summed E-state index contributed by atoms with van der Waals surface area (Å²) < 4.78 is 0. The van der Waals surface area contributed by atoms with Gasteiger partial charge in [-0.1, -0.05) is 96.2 Å². The second-order valence-electron chi connectivity index (χ2n) is 9.65. The normalized spacial score (nSPS) is 20.0. The summed E-state index contributed by atoms with van der Waals surface area (Å²) in [5.41, 5.74) is 6.27. The largest absolute Gasteiger partial charge is 0.473 e. The van der Waals surface area contributed by atoms with Gasteiger partial charge < -0.3 is 15.1 Å². The lowest BCUT2D eigenvalue weighted by Gasteiger charge is -2.34. The Kier molecular flexibility index (Phi) is 10.0. The minimum absolute atomic E-state index is 0.263. The first-order valence-electron chi connectivity index (χ1n) is 13.3. The van der Waals surface area contributed by atoms with Crippen LogP contribution >= 0.6 is 0 Å². The van der Waals surface area contributed by atoms with Gasteiger partial charge in [0.15, 0.2) is 0 Å². The van der Waals surface area contributed by atoms with E-state index < -0.39 is 11.9 Å². The summed E-state index contributed by atoms with van der Waals surface area (Å²) in [5, 5.41) is 19.4. The molecule has 7 heteroatoms. The van der Waals surface area contributed by atoms with E-state index in [4.69, 9.17) is 24.6 Å². The van der Waals surface area contributed by atoms with Crippen LogP contribution in [0, 0.1) is 0 Å². The van der Waals surface area contributed by atoms with Gasteiger partial charge in [0.1, 0.15) is 6.61 Å². The zero-order valence-corrected chi connectivity index (χ0v) is 21.9. The summed E-state index contributed by atoms with van der Waals surface area (Å²) in [4.78, 5) is 26.5. The molecule has 1 aliphatic heterocycles. The third-order valence-electron chi connectivity index (χ3n) is 7.04. The van der Waals surface area contributed by atoms with Crippen molar-refractivity contribution in [2.75, 3.05) is 26.2 Å². The van der Waals surface area contributed by atoms with Crippen LogP contribution in [-0.4, -0.2) is 59.0 Å². The van der Waals surface area contributed by atoms with Gasteiger partial charge in [-0.05, 0) is 54.3 Å². The van der Waals surface area contributed by atoms with Crippen LogP contribution in [0.5, 0.6) is 0 Å². The average molecular weight is 527 g/mol. The van der Waals surface area contributed by atoms with E-state index in [1.54, 1.807) is 0 Å². The molecular weight excluding hydrogens is 492 g/mol. The molecule has 7 nitrogen and oxygen atoms in total. The first-order chi connectivity index (χ1) is 19.0. The molecule has 0 amide bonds. The second-order valence-corrected chi connectivity index (χ2v) is 9.65. The highest BCUT2D eigenvalue weighted by atomic mass is 16.6. The van der Waals surface area contributed by atoms with Crippen molar-refractivity contribution in [3.8, 4) is 0 Å². The maximum absolute atomic E-state index is 9.10. The molecule has 1 fully saturated rings. The lowest BCUT2D eigenvalue weighted by atomic mass is 9.69. The van der Waals surface area contributed by atoms with Crippen LogP contribution in [0.15, 0.2) is 102 Å². The third kappa shape index (κ3) is 7.88. The van der Waals surface area contributed by atoms with Crippen LogP contribution in [0.3, 0.4) is 0 Å². The van der Waals surface area contributed by atoms with E-state index in [-0.39, 0.29) is 5.92 Å². The number of carboxylic acid groups (broad SMARTS) is 2. The van der Waals surface area contributed by atoms with Gasteiger partial charge in [0, 0.05) is 24.8 Å². The Morgan fingerprint density at radius 2 is 1.33 bits per heavy atom. The third-order valence-corrected chi connectivity index (χ3v) is 7.04. The van der Waals surface area contributed by atoms with Crippen molar-refractivity contribution in [2.45, 2.75) is 31.1 Å². The zero-order valence-electron chi connectivity index (χ0n) is 21.9. The van der Waals surface area contributed by atoms with Gasteiger partial charge in [-0.25, -0.2) is 9.59 Å². The molecule has 2 unspecified atom stereocenters. The Hall–Kier alpha value is -4.23. The van der Waals surface area contributed by atoms with E-state index in [1.807, 2.05) is 0 Å². The van der Waals surface area contributed by atoms with Crippen molar-refractivity contribution < 1.29 is 24.6 Å². The lowest BCUT2D eigenvalue weighted by molar-refractivity contribution is -0.159. The summed E-state index contributed by atoms with van der Waals surface area (Å²) in [6.45, 7) is 3.98. The minimum Gasteiger partial charge on any atom is -0.473 e. The molecule has 5 rings (SSSR count). The maximum Gasteiger partial charge on any atom is 0.414 e. The molecule has 0 radical (unpaired) electrons. The molecule has 2 aliphatic rings. The minimum atomic E-state index is -1.82. The number of hydrogen-bond donors (Lipinski definition) is 2. The van der Waals surface area contributed by atoms with Crippen molar-refractivity contribution in [1.82, 2.24) is 4.90 Å². The highest BCUT2D eigenvalue weighted by Crippen LogP contribution is 2.47. The number of carboxylic acids is 2. The summed E-state index contributed by atoms with van der Waals surface area (Å²) in [5.74, 6) is -3.08. The number of hydrogen-bond acceptors (Lipinski definition) is 5. The molecule has 0 saturated carbocycles. The van der Waals surface area contributed by atoms with Crippen LogP contribution in [0.25, 0.3) is 5.57 Å². The zero-order chi connectivity index (χ0) is 27.5. The molecular formula is C32H34N2O5. The predicted molar refractivity (Wildman–Crippen MR) is 152 cm³/mol. The van der Waals surface area contributed by atoms with Gasteiger partial charge in [-0.15, -0.1) is 0 Å². The van der Waals surface area contributed by atoms with Crippen molar-refractivity contribution in [1.29, 1.82) is 0 Å². The number of rotatable bonds is 7. The molecule has 0 bridgehead atoms. The van der Waals surface area contributed by atoms with E-state index in [0.717, 1.165) is 18.7 Å². The Morgan fingerprint density at radius 3 is 1.90 bits per heavy atom. The first kappa shape index (κ1) is 27.8. The van der Waals surface area contributed by atoms with Gasteiger partial charge in [-0.2, -0.15) is 0 Å². The number of oxime groups is 1. The van der Waals surface area contributed by atoms with Gasteiger partial charge in [0.25, 0.3) is 0 Å². The number of nitrogens with zero attached hydrogens (tertiary/aromatic N) is 2. The number of likely N-dealkylation sites (tertiary alicyclic amines) is 1. The highest BCUT2D eigenvalue weighted by Gasteiger charge is 2.33. The molecule has 1 aliphatic carbocycles. The fourth-order valence-corrected chi connectivity index (χ4v) is 5.23. The highest BCUT2D eigenvalue weighted by molar-refractivity contribution is 6.27. The number of allylic oxidation sites excluding steroid dienone is 2. The lowest BCUT2D eigenvalue weighted by Crippen LogP contribution is -2.24. The fourth-order valence-electron chi connectivity index (χ4n) is 5.23. The van der Waals surface area contributed by atoms with E-state index >= 15 is 0 Å². The monoisotopic (exact) mass is 526 g/mol. The van der Waals surface area contributed by atoms with Crippen LogP contribution in [-0.2, 0) is 14.4 Å². The molecule has 3 aromatic carbocycles. The van der Waals surface area contributed by atoms with Crippen molar-refractivity contribution in [3.05, 3.63) is 114 Å². The van der Waals surface area contributed by atoms with E-state index in [1.165, 1.54) is 48.2 Å². The predicted octanol–water partition coefficient (Wildman–Crippen LogP) is 5.67. The molecule has 1 saturated heterocycles. The van der Waals surface area contributed by atoms with E-state index in [2.05, 4.69) is 107 Å². The van der Waals surface area contributed by atoms with Crippen molar-refractivity contribution >= 4 is 23.2 Å². The SMILES string of the molecule is C1=C(c2ccccc2)C(c2ccccc2)C(c2ccccc2)C/C1=N/OCCN1CCCC1.O=C(O)C(=O)O. The maximum atomic E-state index is 9.10. The average Bonchev–Trinajstić information content (AvgIpc) is 3.50. The van der Waals surface area contributed by atoms with Crippen LogP contribution in [0.2, 0.25) is 0 Å². The van der Waals surface area contributed by atoms with Crippen LogP contribution in [0.1, 0.15) is 47.8 Å². The van der Waals surface area contributed by atoms with Gasteiger partial charge in [0.2, 0.25) is 0 Å². The topological polar surface area (TPSA) is 99.4 Å². The quantitative estimate of drug-likeness (QED) is 0.234. The molecule has 0 aromatic heterocycles. The summed E-state index contributed by atoms with van der Waals surface area (Å²) in [7, 11) is 0. The number of carbonyl (C=O) groups is 2. The molecule has 1 heterocycles. The van der Waals surface area contributed by atoms with Gasteiger partial charge in [0.05, 0.1) is 5.71 Å². The Labute approximate surface area is 229 Å². The molecule has 39 heavy (non-hydrogen) atoms. The summed E-state index contributed by atoms with van der Waals surface area (Å²) >= 11 is 0. The number of benzene rings is 3. The Bertz CT molecular complexity index is 1260. The molecule has 2 N–H and O–H groups in total. The first-order valence-corrected chi connectivity index (χ1v) is 13.3. The van der Waals surface area contributed by atoms with Crippen molar-refractivity contribution in [2.24, 2.45) is 5.16 Å². The smallest absolute Gasteiger partial charge is 0.414 e. The van der Waals surface area contributed by atoms with Crippen molar-refractivity contribution in [3.63, 3.8) is 0 Å². The summed E-state index contributed by atoms with van der Waals surface area (Å²) in [6.07, 6.45) is 5.74. The molecule has 2 atom stereocenters. The van der Waals surface area contributed by atoms with Crippen LogP contribution < -0.4 is 0 Å². The molecule has 0 spiro atoms. The van der Waals surface area contributed by atoms with E-state index in [9.17, 15) is 0 Å². The number of aliphatic carboxylic acids is 2. The Morgan fingerprint density at radius 1 is 0.795 bits per heavy atom. The summed E-state index contributed by atoms with van der Waals surface area (Å²) in [6, 6.07) is 32.5. The Balaban J connectivity index is 0.000000531. The fraction of sp³-hybridized carbons (Fsp3) is 0.281.